The highest BCUT2D eigenvalue weighted by molar-refractivity contribution is 5.98. The molecule has 1 aliphatic rings. The Balaban J connectivity index is 1.50. The number of hydrogen-bond donors (Lipinski definition) is 2. The molecule has 138 valence electrons. The van der Waals surface area contributed by atoms with Crippen LogP contribution in [0.15, 0.2) is 54.7 Å². The SMILES string of the molecule is Nc1cnc2cc(-c3ccccc3)ccc2c1NCCCN1CCCC1=O. The summed E-state index contributed by atoms with van der Waals surface area (Å²) in [5.41, 5.74) is 11.0. The molecule has 0 unspecified atom stereocenters. The number of nitrogens with one attached hydrogen (secondary N) is 1. The Kier molecular flexibility index (Phi) is 4.92. The fourth-order valence-electron chi connectivity index (χ4n) is 3.64. The van der Waals surface area contributed by atoms with E-state index in [2.05, 4.69) is 40.6 Å². The van der Waals surface area contributed by atoms with Crippen LogP contribution in [0.4, 0.5) is 11.4 Å². The number of pyridine rings is 1. The van der Waals surface area contributed by atoms with Gasteiger partial charge in [0.15, 0.2) is 0 Å². The zero-order chi connectivity index (χ0) is 18.6. The summed E-state index contributed by atoms with van der Waals surface area (Å²) >= 11 is 0. The van der Waals surface area contributed by atoms with Gasteiger partial charge in [0.1, 0.15) is 0 Å². The van der Waals surface area contributed by atoms with Crippen molar-refractivity contribution >= 4 is 28.2 Å². The monoisotopic (exact) mass is 360 g/mol. The first-order chi connectivity index (χ1) is 13.2. The molecule has 0 saturated carbocycles. The number of rotatable bonds is 6. The summed E-state index contributed by atoms with van der Waals surface area (Å²) in [5, 5.41) is 4.47. The highest BCUT2D eigenvalue weighted by Gasteiger charge is 2.19. The molecule has 1 amide bonds. The summed E-state index contributed by atoms with van der Waals surface area (Å²) in [5.74, 6) is 0.275. The van der Waals surface area contributed by atoms with Gasteiger partial charge >= 0.3 is 0 Å². The molecule has 4 rings (SSSR count). The second-order valence-corrected chi connectivity index (χ2v) is 6.95. The Morgan fingerprint density at radius 1 is 1.11 bits per heavy atom. The number of nitrogens with two attached hydrogens (primary N) is 1. The van der Waals surface area contributed by atoms with E-state index in [9.17, 15) is 4.79 Å². The first kappa shape index (κ1) is 17.3. The zero-order valence-electron chi connectivity index (χ0n) is 15.3. The van der Waals surface area contributed by atoms with E-state index >= 15 is 0 Å². The van der Waals surface area contributed by atoms with Gasteiger partial charge in [-0.2, -0.15) is 0 Å². The standard InChI is InChI=1S/C22H24N4O/c23-19-15-25-20-14-17(16-6-2-1-3-7-16)9-10-18(20)22(19)24-11-5-13-26-12-4-8-21(26)27/h1-3,6-7,9-10,14-15H,4-5,8,11-13,23H2,(H,24,25). The smallest absolute Gasteiger partial charge is 0.222 e. The molecule has 5 nitrogen and oxygen atoms in total. The third-order valence-electron chi connectivity index (χ3n) is 5.08. The lowest BCUT2D eigenvalue weighted by Crippen LogP contribution is -2.27. The Labute approximate surface area is 159 Å². The van der Waals surface area contributed by atoms with Crippen LogP contribution in [0.1, 0.15) is 19.3 Å². The molecule has 3 aromatic rings. The van der Waals surface area contributed by atoms with Crippen molar-refractivity contribution in [2.45, 2.75) is 19.3 Å². The van der Waals surface area contributed by atoms with E-state index in [-0.39, 0.29) is 5.91 Å². The predicted molar refractivity (Wildman–Crippen MR) is 111 cm³/mol. The van der Waals surface area contributed by atoms with E-state index in [0.29, 0.717) is 12.1 Å². The van der Waals surface area contributed by atoms with E-state index in [1.54, 1.807) is 6.20 Å². The van der Waals surface area contributed by atoms with Gasteiger partial charge in [-0.15, -0.1) is 0 Å². The summed E-state index contributed by atoms with van der Waals surface area (Å²) in [6, 6.07) is 16.6. The number of fused-ring (bicyclic) bond motifs is 1. The molecule has 0 radical (unpaired) electrons. The minimum Gasteiger partial charge on any atom is -0.396 e. The molecule has 3 N–H and O–H groups in total. The number of nitrogen functional groups attached to an aromatic ring is 1. The Morgan fingerprint density at radius 3 is 2.74 bits per heavy atom. The van der Waals surface area contributed by atoms with Crippen molar-refractivity contribution in [1.29, 1.82) is 0 Å². The number of aromatic nitrogens is 1. The van der Waals surface area contributed by atoms with Crippen LogP contribution >= 0.6 is 0 Å². The van der Waals surface area contributed by atoms with Gasteiger partial charge in [-0.1, -0.05) is 42.5 Å². The second-order valence-electron chi connectivity index (χ2n) is 6.95. The van der Waals surface area contributed by atoms with Gasteiger partial charge in [0.25, 0.3) is 0 Å². The summed E-state index contributed by atoms with van der Waals surface area (Å²) in [6.07, 6.45) is 4.29. The molecule has 1 saturated heterocycles. The van der Waals surface area contributed by atoms with Gasteiger partial charge in [0, 0.05) is 31.4 Å². The van der Waals surface area contributed by atoms with Crippen molar-refractivity contribution < 1.29 is 4.79 Å². The van der Waals surface area contributed by atoms with E-state index < -0.39 is 0 Å². The molecule has 1 fully saturated rings. The van der Waals surface area contributed by atoms with Crippen LogP contribution in [-0.2, 0) is 4.79 Å². The number of likely N-dealkylation sites (tertiary alicyclic amines) is 1. The quantitative estimate of drug-likeness (QED) is 0.654. The number of benzene rings is 2. The van der Waals surface area contributed by atoms with Crippen LogP contribution < -0.4 is 11.1 Å². The van der Waals surface area contributed by atoms with Crippen LogP contribution in [-0.4, -0.2) is 35.4 Å². The molecule has 2 aromatic carbocycles. The van der Waals surface area contributed by atoms with Crippen LogP contribution in [0.3, 0.4) is 0 Å². The average Bonchev–Trinajstić information content (AvgIpc) is 3.11. The van der Waals surface area contributed by atoms with Crippen LogP contribution in [0, 0.1) is 0 Å². The summed E-state index contributed by atoms with van der Waals surface area (Å²) < 4.78 is 0. The first-order valence-electron chi connectivity index (χ1n) is 9.48. The largest absolute Gasteiger partial charge is 0.396 e. The molecule has 27 heavy (non-hydrogen) atoms. The third-order valence-corrected chi connectivity index (χ3v) is 5.08. The maximum atomic E-state index is 11.7. The van der Waals surface area contributed by atoms with Crippen molar-refractivity contribution in [1.82, 2.24) is 9.88 Å². The van der Waals surface area contributed by atoms with Gasteiger partial charge < -0.3 is 16.0 Å². The maximum absolute atomic E-state index is 11.7. The summed E-state index contributed by atoms with van der Waals surface area (Å²) in [6.45, 7) is 2.46. The second kappa shape index (κ2) is 7.66. The highest BCUT2D eigenvalue weighted by Crippen LogP contribution is 2.31. The molecule has 0 atom stereocenters. The van der Waals surface area contributed by atoms with Gasteiger partial charge in [-0.05, 0) is 30.0 Å². The van der Waals surface area contributed by atoms with Gasteiger partial charge in [0.05, 0.1) is 23.1 Å². The van der Waals surface area contributed by atoms with Gasteiger partial charge in [-0.3, -0.25) is 9.78 Å². The molecule has 1 aromatic heterocycles. The van der Waals surface area contributed by atoms with E-state index in [0.717, 1.165) is 54.6 Å². The van der Waals surface area contributed by atoms with Crippen LogP contribution in [0.25, 0.3) is 22.0 Å². The van der Waals surface area contributed by atoms with Crippen molar-refractivity contribution in [2.75, 3.05) is 30.7 Å². The normalized spacial score (nSPS) is 14.1. The lowest BCUT2D eigenvalue weighted by Gasteiger charge is -2.17. The van der Waals surface area contributed by atoms with Gasteiger partial charge in [0.2, 0.25) is 5.91 Å². The van der Waals surface area contributed by atoms with Crippen molar-refractivity contribution in [3.05, 3.63) is 54.7 Å². The number of anilines is 2. The molecule has 0 bridgehead atoms. The zero-order valence-corrected chi connectivity index (χ0v) is 15.3. The molecular formula is C22H24N4O. The maximum Gasteiger partial charge on any atom is 0.222 e. The predicted octanol–water partition coefficient (Wildman–Crippen LogP) is 3.91. The molecule has 5 heteroatoms. The van der Waals surface area contributed by atoms with E-state index in [1.165, 1.54) is 5.56 Å². The van der Waals surface area contributed by atoms with Crippen molar-refractivity contribution in [3.8, 4) is 11.1 Å². The molecule has 1 aliphatic heterocycles. The molecular weight excluding hydrogens is 336 g/mol. The van der Waals surface area contributed by atoms with Gasteiger partial charge in [-0.25, -0.2) is 0 Å². The Hall–Kier alpha value is -3.08. The lowest BCUT2D eigenvalue weighted by atomic mass is 10.0. The van der Waals surface area contributed by atoms with Crippen molar-refractivity contribution in [3.63, 3.8) is 0 Å². The van der Waals surface area contributed by atoms with Crippen LogP contribution in [0.2, 0.25) is 0 Å². The molecule has 0 spiro atoms. The summed E-state index contributed by atoms with van der Waals surface area (Å²) in [7, 11) is 0. The fraction of sp³-hybridized carbons (Fsp3) is 0.273. The lowest BCUT2D eigenvalue weighted by molar-refractivity contribution is -0.127. The average molecular weight is 360 g/mol. The molecule has 0 aliphatic carbocycles. The Bertz CT molecular complexity index is 955. The molecule has 2 heterocycles. The van der Waals surface area contributed by atoms with Crippen LogP contribution in [0.5, 0.6) is 0 Å². The Morgan fingerprint density at radius 2 is 1.96 bits per heavy atom. The number of amides is 1. The highest BCUT2D eigenvalue weighted by atomic mass is 16.2. The number of carbonyl (C=O) groups excluding carboxylic acids is 1. The minimum absolute atomic E-state index is 0.275. The topological polar surface area (TPSA) is 71.2 Å². The van der Waals surface area contributed by atoms with E-state index in [1.807, 2.05) is 23.1 Å². The number of hydrogen-bond acceptors (Lipinski definition) is 4. The fourth-order valence-corrected chi connectivity index (χ4v) is 3.64. The van der Waals surface area contributed by atoms with Crippen molar-refractivity contribution in [2.24, 2.45) is 0 Å². The number of nitrogens with zero attached hydrogens (tertiary/aromatic N) is 2. The minimum atomic E-state index is 0.275. The number of carbonyl (C=O) groups is 1. The first-order valence-corrected chi connectivity index (χ1v) is 9.48. The summed E-state index contributed by atoms with van der Waals surface area (Å²) in [4.78, 5) is 18.2. The van der Waals surface area contributed by atoms with E-state index in [4.69, 9.17) is 5.73 Å². The third kappa shape index (κ3) is 3.72.